The van der Waals surface area contributed by atoms with Crippen molar-refractivity contribution in [2.45, 2.75) is 39.8 Å². The molecule has 0 rings (SSSR count). The van der Waals surface area contributed by atoms with Gasteiger partial charge < -0.3 is 17.6 Å². The Balaban J connectivity index is 3.85. The van der Waals surface area contributed by atoms with Crippen molar-refractivity contribution in [2.24, 2.45) is 0 Å². The summed E-state index contributed by atoms with van der Waals surface area (Å²) in [5.41, 5.74) is 0. The molecule has 1 N–H and O–H groups in total. The molecule has 1 atom stereocenters. The topological polar surface area (TPSA) is 39.7 Å². The largest absolute Gasteiger partial charge is 0.474 e. The predicted octanol–water partition coefficient (Wildman–Crippen LogP) is 0.145. The summed E-state index contributed by atoms with van der Waals surface area (Å²) in [7, 11) is -3.17. The molecular weight excluding hydrogens is 242 g/mol. The highest BCUT2D eigenvalue weighted by Gasteiger charge is 2.19. The summed E-state index contributed by atoms with van der Waals surface area (Å²) >= 11 is 0. The van der Waals surface area contributed by atoms with Gasteiger partial charge in [0.25, 0.3) is 0 Å². The zero-order valence-electron chi connectivity index (χ0n) is 10.4. The maximum atomic E-state index is 5.94. The molecular formula is C8H25NO3Si3. The summed E-state index contributed by atoms with van der Waals surface area (Å²) in [5, 5.41) is 0. The van der Waals surface area contributed by atoms with Gasteiger partial charge in [-0.1, -0.05) is 19.9 Å². The SMILES string of the molecule is CCO[SiH](OCC)O[SiH](CC)N[SiH2]CC. The molecule has 15 heavy (non-hydrogen) atoms. The van der Waals surface area contributed by atoms with Gasteiger partial charge in [-0.25, -0.2) is 0 Å². The van der Waals surface area contributed by atoms with E-state index in [9.17, 15) is 0 Å². The molecule has 0 aliphatic rings. The molecule has 1 unspecified atom stereocenters. The van der Waals surface area contributed by atoms with Crippen molar-refractivity contribution < 1.29 is 13.0 Å². The molecule has 0 saturated heterocycles. The van der Waals surface area contributed by atoms with E-state index in [1.807, 2.05) is 13.8 Å². The van der Waals surface area contributed by atoms with E-state index in [0.717, 1.165) is 6.04 Å². The van der Waals surface area contributed by atoms with E-state index in [4.69, 9.17) is 13.0 Å². The van der Waals surface area contributed by atoms with E-state index in [0.29, 0.717) is 13.2 Å². The Bertz CT molecular complexity index is 136. The van der Waals surface area contributed by atoms with Gasteiger partial charge in [0.2, 0.25) is 9.20 Å². The normalized spacial score (nSPS) is 14.2. The monoisotopic (exact) mass is 267 g/mol. The molecule has 0 heterocycles. The van der Waals surface area contributed by atoms with Crippen LogP contribution in [0.3, 0.4) is 0 Å². The summed E-state index contributed by atoms with van der Waals surface area (Å²) in [6.07, 6.45) is 0. The maximum Gasteiger partial charge on any atom is 0.474 e. The predicted molar refractivity (Wildman–Crippen MR) is 71.3 cm³/mol. The fourth-order valence-electron chi connectivity index (χ4n) is 1.13. The summed E-state index contributed by atoms with van der Waals surface area (Å²) < 4.78 is 20.5. The minimum atomic E-state index is -1.83. The lowest BCUT2D eigenvalue weighted by Gasteiger charge is -2.21. The van der Waals surface area contributed by atoms with Crippen LogP contribution in [0.5, 0.6) is 0 Å². The fraction of sp³-hybridized carbons (Fsp3) is 1.00. The Morgan fingerprint density at radius 3 is 2.07 bits per heavy atom. The van der Waals surface area contributed by atoms with Crippen LogP contribution in [0, 0.1) is 0 Å². The zero-order chi connectivity index (χ0) is 11.5. The van der Waals surface area contributed by atoms with Crippen LogP contribution in [0.1, 0.15) is 27.7 Å². The van der Waals surface area contributed by atoms with Gasteiger partial charge in [-0.3, -0.25) is 0 Å². The molecule has 0 spiro atoms. The Morgan fingerprint density at radius 1 is 1.07 bits per heavy atom. The third kappa shape index (κ3) is 8.31. The second kappa shape index (κ2) is 11.0. The molecule has 4 nitrogen and oxygen atoms in total. The Kier molecular flexibility index (Phi) is 11.3. The lowest BCUT2D eigenvalue weighted by molar-refractivity contribution is 0.152. The molecule has 0 aliphatic heterocycles. The van der Waals surface area contributed by atoms with Crippen molar-refractivity contribution in [2.75, 3.05) is 13.2 Å². The van der Waals surface area contributed by atoms with Crippen molar-refractivity contribution in [1.29, 1.82) is 0 Å². The third-order valence-electron chi connectivity index (χ3n) is 1.87. The molecule has 0 radical (unpaired) electrons. The molecule has 0 aromatic heterocycles. The standard InChI is InChI=1S/C8H25NO3Si3/c1-5-10-15(11-6-2)12-14(8-4)9-13-7-3/h9,14-15H,5-8,13H2,1-4H3. The maximum absolute atomic E-state index is 5.94. The number of hydrogen-bond donors (Lipinski definition) is 1. The van der Waals surface area contributed by atoms with Crippen LogP contribution in [0.15, 0.2) is 0 Å². The molecule has 0 aromatic carbocycles. The number of hydrogen-bond acceptors (Lipinski definition) is 4. The zero-order valence-corrected chi connectivity index (χ0v) is 14.1. The Hall–Kier alpha value is 0.491. The summed E-state index contributed by atoms with van der Waals surface area (Å²) in [6, 6.07) is 2.39. The summed E-state index contributed by atoms with van der Waals surface area (Å²) in [4.78, 5) is 0. The van der Waals surface area contributed by atoms with Crippen molar-refractivity contribution in [1.82, 2.24) is 4.65 Å². The van der Waals surface area contributed by atoms with Gasteiger partial charge >= 0.3 is 9.53 Å². The van der Waals surface area contributed by atoms with Gasteiger partial charge in [0.1, 0.15) is 0 Å². The van der Waals surface area contributed by atoms with Gasteiger partial charge in [0, 0.05) is 13.2 Å². The van der Waals surface area contributed by atoms with Crippen LogP contribution in [0.2, 0.25) is 12.1 Å². The van der Waals surface area contributed by atoms with Crippen LogP contribution in [0.25, 0.3) is 0 Å². The van der Waals surface area contributed by atoms with Gasteiger partial charge in [0.15, 0.2) is 0 Å². The molecule has 7 heteroatoms. The van der Waals surface area contributed by atoms with Crippen molar-refractivity contribution in [3.05, 3.63) is 0 Å². The molecule has 0 saturated carbocycles. The first kappa shape index (κ1) is 15.5. The van der Waals surface area contributed by atoms with Gasteiger partial charge in [0.05, 0.1) is 9.68 Å². The third-order valence-corrected chi connectivity index (χ3v) is 9.51. The van der Waals surface area contributed by atoms with Gasteiger partial charge in [-0.05, 0) is 19.9 Å². The minimum absolute atomic E-state index is 0.110. The van der Waals surface area contributed by atoms with Crippen LogP contribution in [-0.4, -0.2) is 41.6 Å². The van der Waals surface area contributed by atoms with Crippen molar-refractivity contribution in [3.8, 4) is 0 Å². The van der Waals surface area contributed by atoms with Crippen LogP contribution < -0.4 is 4.65 Å². The van der Waals surface area contributed by atoms with E-state index in [2.05, 4.69) is 18.5 Å². The molecule has 0 aromatic rings. The van der Waals surface area contributed by atoms with Crippen LogP contribution >= 0.6 is 0 Å². The fourth-order valence-corrected chi connectivity index (χ4v) is 9.09. The highest BCUT2D eigenvalue weighted by atomic mass is 28.4. The molecule has 0 bridgehead atoms. The molecule has 0 fully saturated rings. The summed E-state index contributed by atoms with van der Waals surface area (Å²) in [6.45, 7) is 9.75. The van der Waals surface area contributed by atoms with Gasteiger partial charge in [-0.2, -0.15) is 0 Å². The quantitative estimate of drug-likeness (QED) is 0.572. The average Bonchev–Trinajstić information content (AvgIpc) is 2.24. The minimum Gasteiger partial charge on any atom is -0.407 e. The lowest BCUT2D eigenvalue weighted by atomic mass is 10.9. The highest BCUT2D eigenvalue weighted by Crippen LogP contribution is 1.98. The molecule has 92 valence electrons. The first-order chi connectivity index (χ1) is 7.28. The van der Waals surface area contributed by atoms with Crippen molar-refractivity contribution >= 4 is 28.4 Å². The number of nitrogens with one attached hydrogen (secondary N) is 1. The smallest absolute Gasteiger partial charge is 0.407 e. The number of rotatable bonds is 10. The van der Waals surface area contributed by atoms with Crippen LogP contribution in [0.4, 0.5) is 0 Å². The van der Waals surface area contributed by atoms with E-state index < -0.39 is 18.7 Å². The first-order valence-electron chi connectivity index (χ1n) is 5.90. The Morgan fingerprint density at radius 2 is 1.67 bits per heavy atom. The van der Waals surface area contributed by atoms with Crippen molar-refractivity contribution in [3.63, 3.8) is 0 Å². The van der Waals surface area contributed by atoms with E-state index >= 15 is 0 Å². The highest BCUT2D eigenvalue weighted by molar-refractivity contribution is 6.65. The lowest BCUT2D eigenvalue weighted by Crippen LogP contribution is -2.45. The first-order valence-corrected chi connectivity index (χ1v) is 10.9. The van der Waals surface area contributed by atoms with E-state index in [1.165, 1.54) is 6.04 Å². The second-order valence-corrected chi connectivity index (χ2v) is 10.4. The molecule has 0 aliphatic carbocycles. The average molecular weight is 268 g/mol. The molecule has 0 amide bonds. The van der Waals surface area contributed by atoms with Crippen LogP contribution in [-0.2, 0) is 13.0 Å². The second-order valence-electron chi connectivity index (χ2n) is 3.19. The Labute approximate surface area is 99.4 Å². The van der Waals surface area contributed by atoms with E-state index in [-0.39, 0.29) is 9.68 Å². The van der Waals surface area contributed by atoms with Gasteiger partial charge in [-0.15, -0.1) is 0 Å². The van der Waals surface area contributed by atoms with E-state index in [1.54, 1.807) is 0 Å². The summed E-state index contributed by atoms with van der Waals surface area (Å²) in [5.74, 6) is 0.